The van der Waals surface area contributed by atoms with Crippen LogP contribution in [0.2, 0.25) is 5.02 Å². The molecule has 1 N–H and O–H groups in total. The second kappa shape index (κ2) is 5.60. The van der Waals surface area contributed by atoms with Crippen LogP contribution in [-0.4, -0.2) is 21.0 Å². The topological polar surface area (TPSA) is 63.1 Å². The van der Waals surface area contributed by atoms with Crippen molar-refractivity contribution in [1.29, 1.82) is 0 Å². The maximum Gasteiger partial charge on any atom is 0.312 e. The first kappa shape index (κ1) is 12.5. The zero-order valence-electron chi connectivity index (χ0n) is 9.45. The molecule has 0 bridgehead atoms. The van der Waals surface area contributed by atoms with Crippen molar-refractivity contribution in [2.45, 2.75) is 12.3 Å². The lowest BCUT2D eigenvalue weighted by atomic mass is 9.96. The number of nitrogens with zero attached hydrogens (tertiary/aromatic N) is 2. The number of aliphatic carboxylic acids is 1. The van der Waals surface area contributed by atoms with E-state index in [0.29, 0.717) is 17.1 Å². The highest BCUT2D eigenvalue weighted by molar-refractivity contribution is 6.30. The minimum atomic E-state index is -0.899. The van der Waals surface area contributed by atoms with E-state index in [0.717, 1.165) is 5.56 Å². The third-order valence-corrected chi connectivity index (χ3v) is 2.87. The van der Waals surface area contributed by atoms with Crippen molar-refractivity contribution in [3.05, 3.63) is 59.1 Å². The fourth-order valence-corrected chi connectivity index (χ4v) is 1.81. The highest BCUT2D eigenvalue weighted by Crippen LogP contribution is 2.20. The number of halogens is 1. The fraction of sp³-hybridized carbons (Fsp3) is 0.154. The molecule has 92 valence electrons. The molecular weight excluding hydrogens is 252 g/mol. The lowest BCUT2D eigenvalue weighted by Crippen LogP contribution is -2.15. The first-order valence-corrected chi connectivity index (χ1v) is 5.78. The summed E-state index contributed by atoms with van der Waals surface area (Å²) in [6, 6.07) is 8.75. The van der Waals surface area contributed by atoms with Gasteiger partial charge in [-0.05, 0) is 30.2 Å². The zero-order chi connectivity index (χ0) is 13.0. The fourth-order valence-electron chi connectivity index (χ4n) is 1.68. The molecular formula is C13H11ClN2O2. The smallest absolute Gasteiger partial charge is 0.312 e. The first-order chi connectivity index (χ1) is 8.66. The maximum absolute atomic E-state index is 11.3. The van der Waals surface area contributed by atoms with Crippen LogP contribution in [0.4, 0.5) is 0 Å². The Kier molecular flexibility index (Phi) is 3.89. The van der Waals surface area contributed by atoms with Crippen LogP contribution in [0.1, 0.15) is 17.2 Å². The van der Waals surface area contributed by atoms with Gasteiger partial charge in [-0.25, -0.2) is 9.97 Å². The van der Waals surface area contributed by atoms with Crippen molar-refractivity contribution < 1.29 is 9.90 Å². The van der Waals surface area contributed by atoms with Gasteiger partial charge in [0.05, 0.1) is 5.69 Å². The maximum atomic E-state index is 11.3. The van der Waals surface area contributed by atoms with Crippen LogP contribution < -0.4 is 0 Å². The van der Waals surface area contributed by atoms with Gasteiger partial charge < -0.3 is 5.11 Å². The van der Waals surface area contributed by atoms with Gasteiger partial charge in [0.15, 0.2) is 0 Å². The Hall–Kier alpha value is -1.94. The second-order valence-electron chi connectivity index (χ2n) is 3.86. The molecule has 0 aliphatic heterocycles. The number of rotatable bonds is 4. The standard InChI is InChI=1S/C13H11ClN2O2/c14-10-3-1-9(2-4-10)7-11(13(17)18)12-5-6-15-8-16-12/h1-6,8,11H,7H2,(H,17,18). The molecule has 1 unspecified atom stereocenters. The molecule has 0 aliphatic rings. The molecule has 2 aromatic rings. The summed E-state index contributed by atoms with van der Waals surface area (Å²) >= 11 is 5.79. The summed E-state index contributed by atoms with van der Waals surface area (Å²) in [6.45, 7) is 0. The predicted octanol–water partition coefficient (Wildman–Crippen LogP) is 2.54. The van der Waals surface area contributed by atoms with Crippen LogP contribution in [0.3, 0.4) is 0 Å². The quantitative estimate of drug-likeness (QED) is 0.920. The van der Waals surface area contributed by atoms with Crippen LogP contribution >= 0.6 is 11.6 Å². The highest BCUT2D eigenvalue weighted by atomic mass is 35.5. The number of carboxylic acids is 1. The van der Waals surface area contributed by atoms with Gasteiger partial charge in [-0.3, -0.25) is 4.79 Å². The van der Waals surface area contributed by atoms with Crippen molar-refractivity contribution >= 4 is 17.6 Å². The molecule has 1 heterocycles. The van der Waals surface area contributed by atoms with Crippen molar-refractivity contribution in [2.75, 3.05) is 0 Å². The van der Waals surface area contributed by atoms with Gasteiger partial charge in [0.25, 0.3) is 0 Å². The molecule has 0 saturated carbocycles. The molecule has 5 heteroatoms. The van der Waals surface area contributed by atoms with Crippen molar-refractivity contribution in [3.8, 4) is 0 Å². The number of carboxylic acid groups (broad SMARTS) is 1. The molecule has 1 atom stereocenters. The lowest BCUT2D eigenvalue weighted by molar-refractivity contribution is -0.138. The van der Waals surface area contributed by atoms with E-state index in [4.69, 9.17) is 11.6 Å². The minimum absolute atomic E-state index is 0.378. The summed E-state index contributed by atoms with van der Waals surface area (Å²) in [6.07, 6.45) is 3.27. The Morgan fingerprint density at radius 2 is 2.00 bits per heavy atom. The summed E-state index contributed by atoms with van der Waals surface area (Å²) < 4.78 is 0. The van der Waals surface area contributed by atoms with Gasteiger partial charge >= 0.3 is 5.97 Å². The van der Waals surface area contributed by atoms with Crippen LogP contribution in [0.5, 0.6) is 0 Å². The third kappa shape index (κ3) is 3.05. The SMILES string of the molecule is O=C(O)C(Cc1ccc(Cl)cc1)c1ccncn1. The molecule has 0 aliphatic carbocycles. The largest absolute Gasteiger partial charge is 0.481 e. The van der Waals surface area contributed by atoms with Crippen molar-refractivity contribution in [3.63, 3.8) is 0 Å². The monoisotopic (exact) mass is 262 g/mol. The molecule has 18 heavy (non-hydrogen) atoms. The van der Waals surface area contributed by atoms with Crippen LogP contribution in [0, 0.1) is 0 Å². The van der Waals surface area contributed by atoms with Crippen molar-refractivity contribution in [1.82, 2.24) is 9.97 Å². The first-order valence-electron chi connectivity index (χ1n) is 5.40. The highest BCUT2D eigenvalue weighted by Gasteiger charge is 2.21. The Morgan fingerprint density at radius 1 is 1.28 bits per heavy atom. The van der Waals surface area contributed by atoms with Crippen LogP contribution in [0.15, 0.2) is 42.9 Å². The van der Waals surface area contributed by atoms with E-state index in [2.05, 4.69) is 9.97 Å². The van der Waals surface area contributed by atoms with Crippen molar-refractivity contribution in [2.24, 2.45) is 0 Å². The van der Waals surface area contributed by atoms with Gasteiger partial charge in [-0.1, -0.05) is 23.7 Å². The van der Waals surface area contributed by atoms with Gasteiger partial charge in [0, 0.05) is 11.2 Å². The Bertz CT molecular complexity index is 528. The number of benzene rings is 1. The molecule has 0 radical (unpaired) electrons. The molecule has 1 aromatic carbocycles. The Morgan fingerprint density at radius 3 is 2.56 bits per heavy atom. The molecule has 4 nitrogen and oxygen atoms in total. The van der Waals surface area contributed by atoms with E-state index in [-0.39, 0.29) is 0 Å². The lowest BCUT2D eigenvalue weighted by Gasteiger charge is -2.11. The number of aromatic nitrogens is 2. The molecule has 0 saturated heterocycles. The number of carbonyl (C=O) groups is 1. The molecule has 2 rings (SSSR count). The van der Waals surface area contributed by atoms with Gasteiger partial charge in [-0.15, -0.1) is 0 Å². The molecule has 1 aromatic heterocycles. The molecule has 0 fully saturated rings. The summed E-state index contributed by atoms with van der Waals surface area (Å²) in [5, 5.41) is 9.89. The Balaban J connectivity index is 2.22. The Labute approximate surface area is 109 Å². The number of hydrogen-bond donors (Lipinski definition) is 1. The van der Waals surface area contributed by atoms with Gasteiger partial charge in [0.1, 0.15) is 12.2 Å². The third-order valence-electron chi connectivity index (χ3n) is 2.61. The van der Waals surface area contributed by atoms with E-state index in [1.807, 2.05) is 12.1 Å². The van der Waals surface area contributed by atoms with E-state index in [1.165, 1.54) is 6.33 Å². The average molecular weight is 263 g/mol. The van der Waals surface area contributed by atoms with Gasteiger partial charge in [-0.2, -0.15) is 0 Å². The molecule has 0 amide bonds. The number of hydrogen-bond acceptors (Lipinski definition) is 3. The molecule has 0 spiro atoms. The van der Waals surface area contributed by atoms with Crippen LogP contribution in [0.25, 0.3) is 0 Å². The predicted molar refractivity (Wildman–Crippen MR) is 67.6 cm³/mol. The average Bonchev–Trinajstić information content (AvgIpc) is 2.38. The summed E-state index contributed by atoms with van der Waals surface area (Å²) in [5.41, 5.74) is 1.41. The summed E-state index contributed by atoms with van der Waals surface area (Å²) in [5.74, 6) is -1.57. The van der Waals surface area contributed by atoms with E-state index >= 15 is 0 Å². The van der Waals surface area contributed by atoms with E-state index in [9.17, 15) is 9.90 Å². The van der Waals surface area contributed by atoms with Gasteiger partial charge in [0.2, 0.25) is 0 Å². The van der Waals surface area contributed by atoms with E-state index in [1.54, 1.807) is 24.4 Å². The zero-order valence-corrected chi connectivity index (χ0v) is 10.2. The van der Waals surface area contributed by atoms with E-state index < -0.39 is 11.9 Å². The normalized spacial score (nSPS) is 12.1. The second-order valence-corrected chi connectivity index (χ2v) is 4.29. The summed E-state index contributed by atoms with van der Waals surface area (Å²) in [4.78, 5) is 19.1. The minimum Gasteiger partial charge on any atom is -0.481 e. The summed E-state index contributed by atoms with van der Waals surface area (Å²) in [7, 11) is 0. The van der Waals surface area contributed by atoms with Crippen LogP contribution in [-0.2, 0) is 11.2 Å².